The van der Waals surface area contributed by atoms with Crippen LogP contribution in [0.1, 0.15) is 127 Å². The van der Waals surface area contributed by atoms with Crippen molar-refractivity contribution in [2.75, 3.05) is 0 Å². The van der Waals surface area contributed by atoms with Gasteiger partial charge in [-0.1, -0.05) is 97.5 Å². The van der Waals surface area contributed by atoms with Crippen molar-refractivity contribution in [1.82, 2.24) is 0 Å². The highest BCUT2D eigenvalue weighted by molar-refractivity contribution is 5.45. The van der Waals surface area contributed by atoms with Gasteiger partial charge in [0.15, 0.2) is 0 Å². The predicted octanol–water partition coefficient (Wildman–Crippen LogP) is 8.54. The summed E-state index contributed by atoms with van der Waals surface area (Å²) in [5.74, 6) is 0.547. The molecule has 0 fully saturated rings. The van der Waals surface area contributed by atoms with Gasteiger partial charge >= 0.3 is 0 Å². The topological polar surface area (TPSA) is 20.2 Å². The van der Waals surface area contributed by atoms with Gasteiger partial charge in [0, 0.05) is 0 Å². The van der Waals surface area contributed by atoms with E-state index in [1.807, 2.05) is 6.07 Å². The summed E-state index contributed by atoms with van der Waals surface area (Å²) in [6.07, 6.45) is 21.8. The Morgan fingerprint density at radius 3 is 1.59 bits per heavy atom. The zero-order chi connectivity index (χ0) is 19.7. The second-order valence-electron chi connectivity index (χ2n) is 8.34. The van der Waals surface area contributed by atoms with Gasteiger partial charge in [0.2, 0.25) is 0 Å². The standard InChI is InChI=1S/C26H46O/c1-4-7-10-12-13-14-17-20-25-24(19-16-11-8-5-2)23(18-15-9-6-3)21-22-26(25)27/h21-22,27H,4-20H2,1-3H3. The maximum atomic E-state index is 10.6. The predicted molar refractivity (Wildman–Crippen MR) is 121 cm³/mol. The van der Waals surface area contributed by atoms with E-state index in [-0.39, 0.29) is 0 Å². The fourth-order valence-electron chi connectivity index (χ4n) is 4.11. The molecule has 1 rings (SSSR count). The summed E-state index contributed by atoms with van der Waals surface area (Å²) in [7, 11) is 0. The van der Waals surface area contributed by atoms with Crippen molar-refractivity contribution in [3.05, 3.63) is 28.8 Å². The first kappa shape index (κ1) is 24.1. The quantitative estimate of drug-likeness (QED) is 0.271. The molecule has 0 heterocycles. The third-order valence-corrected chi connectivity index (χ3v) is 5.86. The molecule has 1 aromatic rings. The first-order chi connectivity index (χ1) is 13.2. The van der Waals surface area contributed by atoms with Crippen LogP contribution in [0.3, 0.4) is 0 Å². The van der Waals surface area contributed by atoms with E-state index in [2.05, 4.69) is 26.8 Å². The summed E-state index contributed by atoms with van der Waals surface area (Å²) in [6.45, 7) is 6.82. The van der Waals surface area contributed by atoms with Crippen molar-refractivity contribution in [3.63, 3.8) is 0 Å². The number of phenols is 1. The van der Waals surface area contributed by atoms with Crippen molar-refractivity contribution < 1.29 is 5.11 Å². The summed E-state index contributed by atoms with van der Waals surface area (Å²) >= 11 is 0. The molecule has 0 unspecified atom stereocenters. The normalized spacial score (nSPS) is 11.2. The number of hydrogen-bond acceptors (Lipinski definition) is 1. The van der Waals surface area contributed by atoms with Crippen LogP contribution < -0.4 is 0 Å². The van der Waals surface area contributed by atoms with Crippen molar-refractivity contribution >= 4 is 0 Å². The number of rotatable bonds is 17. The average molecular weight is 375 g/mol. The lowest BCUT2D eigenvalue weighted by Crippen LogP contribution is -2.02. The summed E-state index contributed by atoms with van der Waals surface area (Å²) < 4.78 is 0. The Kier molecular flexibility index (Phi) is 14.3. The first-order valence-corrected chi connectivity index (χ1v) is 12.1. The second kappa shape index (κ2) is 16.0. The van der Waals surface area contributed by atoms with Gasteiger partial charge in [-0.3, -0.25) is 0 Å². The summed E-state index contributed by atoms with van der Waals surface area (Å²) in [6, 6.07) is 4.17. The molecule has 0 atom stereocenters. The maximum Gasteiger partial charge on any atom is 0.119 e. The molecule has 1 N–H and O–H groups in total. The first-order valence-electron chi connectivity index (χ1n) is 12.1. The largest absolute Gasteiger partial charge is 0.508 e. The molecule has 27 heavy (non-hydrogen) atoms. The Balaban J connectivity index is 2.68. The van der Waals surface area contributed by atoms with Gasteiger partial charge in [0.1, 0.15) is 5.75 Å². The van der Waals surface area contributed by atoms with Crippen molar-refractivity contribution in [2.45, 2.75) is 130 Å². The van der Waals surface area contributed by atoms with Crippen LogP contribution in [0.5, 0.6) is 5.75 Å². The molecule has 0 saturated carbocycles. The van der Waals surface area contributed by atoms with Gasteiger partial charge < -0.3 is 5.11 Å². The van der Waals surface area contributed by atoms with Crippen LogP contribution in [0.2, 0.25) is 0 Å². The lowest BCUT2D eigenvalue weighted by Gasteiger charge is -2.17. The number of benzene rings is 1. The summed E-state index contributed by atoms with van der Waals surface area (Å²) in [5.41, 5.74) is 4.28. The average Bonchev–Trinajstić information content (AvgIpc) is 2.67. The van der Waals surface area contributed by atoms with E-state index in [9.17, 15) is 5.11 Å². The molecule has 1 nitrogen and oxygen atoms in total. The Morgan fingerprint density at radius 1 is 0.519 bits per heavy atom. The molecule has 0 spiro atoms. The smallest absolute Gasteiger partial charge is 0.119 e. The Labute approximate surface area is 170 Å². The van der Waals surface area contributed by atoms with E-state index in [0.29, 0.717) is 5.75 Å². The Morgan fingerprint density at radius 2 is 0.963 bits per heavy atom. The summed E-state index contributed by atoms with van der Waals surface area (Å²) in [5, 5.41) is 10.6. The minimum atomic E-state index is 0.547. The molecule has 1 aromatic carbocycles. The minimum absolute atomic E-state index is 0.547. The molecule has 156 valence electrons. The lowest BCUT2D eigenvalue weighted by atomic mass is 9.89. The molecule has 1 heteroatoms. The molecular weight excluding hydrogens is 328 g/mol. The van der Waals surface area contributed by atoms with E-state index in [0.717, 1.165) is 12.8 Å². The van der Waals surface area contributed by atoms with Crippen LogP contribution in [0.15, 0.2) is 12.1 Å². The monoisotopic (exact) mass is 374 g/mol. The molecule has 0 aliphatic heterocycles. The number of unbranched alkanes of at least 4 members (excludes halogenated alkanes) is 11. The van der Waals surface area contributed by atoms with Gasteiger partial charge in [-0.25, -0.2) is 0 Å². The van der Waals surface area contributed by atoms with Crippen LogP contribution >= 0.6 is 0 Å². The van der Waals surface area contributed by atoms with Crippen LogP contribution in [0.4, 0.5) is 0 Å². The van der Waals surface area contributed by atoms with E-state index in [1.54, 1.807) is 0 Å². The van der Waals surface area contributed by atoms with Gasteiger partial charge in [-0.05, 0) is 61.3 Å². The Bertz CT molecular complexity index is 477. The third-order valence-electron chi connectivity index (χ3n) is 5.86. The second-order valence-corrected chi connectivity index (χ2v) is 8.34. The minimum Gasteiger partial charge on any atom is -0.508 e. The molecule has 0 radical (unpaired) electrons. The highest BCUT2D eigenvalue weighted by atomic mass is 16.3. The van der Waals surface area contributed by atoms with E-state index in [4.69, 9.17) is 0 Å². The zero-order valence-electron chi connectivity index (χ0n) is 18.6. The molecule has 0 aliphatic carbocycles. The molecule has 0 bridgehead atoms. The van der Waals surface area contributed by atoms with Crippen molar-refractivity contribution in [1.29, 1.82) is 0 Å². The van der Waals surface area contributed by atoms with Gasteiger partial charge in [0.05, 0.1) is 0 Å². The molecule has 0 aliphatic rings. The van der Waals surface area contributed by atoms with Crippen LogP contribution in [0.25, 0.3) is 0 Å². The van der Waals surface area contributed by atoms with Gasteiger partial charge in [0.25, 0.3) is 0 Å². The van der Waals surface area contributed by atoms with Crippen molar-refractivity contribution in [3.8, 4) is 5.75 Å². The number of aromatic hydroxyl groups is 1. The lowest BCUT2D eigenvalue weighted by molar-refractivity contribution is 0.463. The fraction of sp³-hybridized carbons (Fsp3) is 0.769. The van der Waals surface area contributed by atoms with E-state index >= 15 is 0 Å². The number of aryl methyl sites for hydroxylation is 1. The van der Waals surface area contributed by atoms with E-state index < -0.39 is 0 Å². The third kappa shape index (κ3) is 10.2. The van der Waals surface area contributed by atoms with Crippen LogP contribution in [-0.4, -0.2) is 5.11 Å². The SMILES string of the molecule is CCCCCCCCCc1c(O)ccc(CCCCC)c1CCCCCC. The molecule has 0 aromatic heterocycles. The highest BCUT2D eigenvalue weighted by Gasteiger charge is 2.13. The zero-order valence-corrected chi connectivity index (χ0v) is 18.6. The fourth-order valence-corrected chi connectivity index (χ4v) is 4.11. The Hall–Kier alpha value is -0.980. The van der Waals surface area contributed by atoms with Gasteiger partial charge in [-0.2, -0.15) is 0 Å². The molecular formula is C26H46O. The van der Waals surface area contributed by atoms with Gasteiger partial charge in [-0.15, -0.1) is 0 Å². The van der Waals surface area contributed by atoms with Crippen LogP contribution in [-0.2, 0) is 19.3 Å². The highest BCUT2D eigenvalue weighted by Crippen LogP contribution is 2.29. The van der Waals surface area contributed by atoms with Crippen molar-refractivity contribution in [2.24, 2.45) is 0 Å². The molecule has 0 saturated heterocycles. The number of hydrogen-bond donors (Lipinski definition) is 1. The molecule has 0 amide bonds. The summed E-state index contributed by atoms with van der Waals surface area (Å²) in [4.78, 5) is 0. The maximum absolute atomic E-state index is 10.6. The number of phenolic OH excluding ortho intramolecular Hbond substituents is 1. The van der Waals surface area contributed by atoms with E-state index in [1.165, 1.54) is 113 Å². The van der Waals surface area contributed by atoms with Crippen LogP contribution in [0, 0.1) is 0 Å².